The van der Waals surface area contributed by atoms with Crippen LogP contribution in [0.2, 0.25) is 5.02 Å². The molecule has 0 spiro atoms. The minimum Gasteiger partial charge on any atom is -0.367 e. The Labute approximate surface area is 198 Å². The predicted molar refractivity (Wildman–Crippen MR) is 134 cm³/mol. The van der Waals surface area contributed by atoms with Crippen molar-refractivity contribution >= 4 is 56.8 Å². The molecular formula is C24H20ClN3O2S2. The number of halogens is 1. The Balaban J connectivity index is 1.35. The van der Waals surface area contributed by atoms with E-state index in [2.05, 4.69) is 9.03 Å². The van der Waals surface area contributed by atoms with Crippen molar-refractivity contribution in [3.8, 4) is 11.3 Å². The molecular weight excluding hydrogens is 462 g/mol. The highest BCUT2D eigenvalue weighted by Crippen LogP contribution is 2.31. The van der Waals surface area contributed by atoms with Gasteiger partial charge in [0.25, 0.3) is 0 Å². The zero-order chi connectivity index (χ0) is 21.9. The van der Waals surface area contributed by atoms with Gasteiger partial charge in [0.15, 0.2) is 0 Å². The molecule has 0 aliphatic carbocycles. The van der Waals surface area contributed by atoms with Gasteiger partial charge in [-0.3, -0.25) is 0 Å². The number of fused-ring (bicyclic) bond motifs is 1. The third kappa shape index (κ3) is 4.61. The molecule has 162 valence electrons. The minimum atomic E-state index is -1.40. The molecule has 1 N–H and O–H groups in total. The average molecular weight is 482 g/mol. The number of para-hydroxylation sites is 1. The average Bonchev–Trinajstić information content (AvgIpc) is 2.85. The highest BCUT2D eigenvalue weighted by molar-refractivity contribution is 8.00. The Kier molecular flexibility index (Phi) is 6.32. The maximum atomic E-state index is 12.9. The van der Waals surface area contributed by atoms with Crippen LogP contribution in [0.3, 0.4) is 0 Å². The van der Waals surface area contributed by atoms with E-state index in [1.807, 2.05) is 72.8 Å². The summed E-state index contributed by atoms with van der Waals surface area (Å²) < 4.78 is 23.6. The van der Waals surface area contributed by atoms with Crippen molar-refractivity contribution in [2.24, 2.45) is 0 Å². The van der Waals surface area contributed by atoms with Gasteiger partial charge in [-0.15, -0.1) is 0 Å². The van der Waals surface area contributed by atoms with Crippen LogP contribution < -0.4 is 9.03 Å². The molecule has 4 aromatic rings. The molecule has 0 saturated carbocycles. The van der Waals surface area contributed by atoms with Gasteiger partial charge in [-0.2, -0.15) is 0 Å². The quantitative estimate of drug-likeness (QED) is 0.347. The number of nitrogens with one attached hydrogen (secondary N) is 1. The van der Waals surface area contributed by atoms with Crippen molar-refractivity contribution in [1.82, 2.24) is 4.98 Å². The fraction of sp³-hybridized carbons (Fsp3) is 0.125. The monoisotopic (exact) mass is 481 g/mol. The van der Waals surface area contributed by atoms with Gasteiger partial charge in [0.2, 0.25) is 0 Å². The van der Waals surface area contributed by atoms with Crippen LogP contribution >= 0.6 is 23.5 Å². The second-order valence-corrected chi connectivity index (χ2v) is 9.76. The highest BCUT2D eigenvalue weighted by Gasteiger charge is 2.14. The van der Waals surface area contributed by atoms with Gasteiger partial charge >= 0.3 is 0 Å². The zero-order valence-corrected chi connectivity index (χ0v) is 19.4. The normalized spacial score (nSPS) is 15.0. The standard InChI is InChI=1S/C24H20ClN3O2S2/c25-22-11-6-18(15-21(22)24-12-5-17-3-1-2-4-23(17)26-24)27-32(29)20-9-7-19(8-10-20)28-13-14-30-16-31-28/h1-12,15,27H,13-14,16H2. The van der Waals surface area contributed by atoms with Gasteiger partial charge in [-0.1, -0.05) is 35.9 Å². The maximum absolute atomic E-state index is 12.9. The van der Waals surface area contributed by atoms with Crippen LogP contribution in [0.1, 0.15) is 0 Å². The second kappa shape index (κ2) is 9.50. The Morgan fingerprint density at radius 1 is 1.03 bits per heavy atom. The van der Waals surface area contributed by atoms with Crippen LogP contribution in [0.5, 0.6) is 0 Å². The summed E-state index contributed by atoms with van der Waals surface area (Å²) in [5.41, 5.74) is 4.26. The van der Waals surface area contributed by atoms with E-state index < -0.39 is 11.0 Å². The number of rotatable bonds is 5. The van der Waals surface area contributed by atoms with E-state index in [0.29, 0.717) is 28.2 Å². The van der Waals surface area contributed by atoms with Crippen molar-refractivity contribution < 1.29 is 8.95 Å². The number of aromatic nitrogens is 1. The molecule has 1 unspecified atom stereocenters. The first-order valence-electron chi connectivity index (χ1n) is 10.1. The summed E-state index contributed by atoms with van der Waals surface area (Å²) in [6, 6.07) is 25.2. The van der Waals surface area contributed by atoms with E-state index in [-0.39, 0.29) is 0 Å². The molecule has 2 heterocycles. The Morgan fingerprint density at radius 2 is 1.88 bits per heavy atom. The summed E-state index contributed by atoms with van der Waals surface area (Å²) >= 11 is 8.10. The Bertz CT molecular complexity index is 1280. The predicted octanol–water partition coefficient (Wildman–Crippen LogP) is 6.13. The van der Waals surface area contributed by atoms with Crippen LogP contribution in [-0.2, 0) is 15.7 Å². The van der Waals surface area contributed by atoms with Crippen LogP contribution in [0, 0.1) is 0 Å². The molecule has 0 amide bonds. The fourth-order valence-corrected chi connectivity index (χ4v) is 5.33. The van der Waals surface area contributed by atoms with Gasteiger partial charge in [0, 0.05) is 22.3 Å². The van der Waals surface area contributed by atoms with Crippen molar-refractivity contribution in [1.29, 1.82) is 0 Å². The number of pyridine rings is 1. The van der Waals surface area contributed by atoms with Crippen molar-refractivity contribution in [2.75, 3.05) is 28.1 Å². The van der Waals surface area contributed by atoms with Crippen LogP contribution in [-0.4, -0.2) is 28.3 Å². The number of benzene rings is 3. The molecule has 1 saturated heterocycles. The number of hydrogen-bond acceptors (Lipinski definition) is 5. The molecule has 0 bridgehead atoms. The highest BCUT2D eigenvalue weighted by atomic mass is 35.5. The van der Waals surface area contributed by atoms with E-state index in [1.165, 1.54) is 0 Å². The molecule has 32 heavy (non-hydrogen) atoms. The van der Waals surface area contributed by atoms with E-state index in [9.17, 15) is 4.21 Å². The largest absolute Gasteiger partial charge is 0.367 e. The molecule has 1 atom stereocenters. The molecule has 5 nitrogen and oxygen atoms in total. The summed E-state index contributed by atoms with van der Waals surface area (Å²) in [7, 11) is -1.40. The first kappa shape index (κ1) is 21.3. The third-order valence-corrected chi connectivity index (χ3v) is 7.55. The summed E-state index contributed by atoms with van der Waals surface area (Å²) in [6.07, 6.45) is 0. The van der Waals surface area contributed by atoms with Gasteiger partial charge in [-0.05, 0) is 66.5 Å². The summed E-state index contributed by atoms with van der Waals surface area (Å²) in [5.74, 6) is 0.653. The summed E-state index contributed by atoms with van der Waals surface area (Å²) in [5, 5.41) is 1.66. The number of nitrogens with zero attached hydrogens (tertiary/aromatic N) is 2. The van der Waals surface area contributed by atoms with Gasteiger partial charge in [0.05, 0.1) is 34.3 Å². The fourth-order valence-electron chi connectivity index (χ4n) is 3.48. The lowest BCUT2D eigenvalue weighted by atomic mass is 10.1. The van der Waals surface area contributed by atoms with E-state index in [0.717, 1.165) is 34.4 Å². The summed E-state index contributed by atoms with van der Waals surface area (Å²) in [4.78, 5) is 5.44. The Morgan fingerprint density at radius 3 is 2.69 bits per heavy atom. The van der Waals surface area contributed by atoms with E-state index >= 15 is 0 Å². The first-order chi connectivity index (χ1) is 15.7. The SMILES string of the molecule is O=S(Nc1ccc(Cl)c(-c2ccc3ccccc3n2)c1)c1ccc(N2CCOCS2)cc1. The number of hydrogen-bond donors (Lipinski definition) is 1. The van der Waals surface area contributed by atoms with Crippen molar-refractivity contribution in [3.05, 3.63) is 83.9 Å². The molecule has 5 rings (SSSR count). The molecule has 3 aromatic carbocycles. The first-order valence-corrected chi connectivity index (χ1v) is 12.6. The second-order valence-electron chi connectivity index (χ2n) is 7.21. The lowest BCUT2D eigenvalue weighted by Crippen LogP contribution is -2.26. The molecule has 1 aromatic heterocycles. The maximum Gasteiger partial charge on any atom is 0.150 e. The number of anilines is 2. The molecule has 0 radical (unpaired) electrons. The Hall–Kier alpha value is -2.58. The van der Waals surface area contributed by atoms with Gasteiger partial charge < -0.3 is 13.8 Å². The molecule has 1 aliphatic rings. The lowest BCUT2D eigenvalue weighted by Gasteiger charge is -2.27. The van der Waals surface area contributed by atoms with Crippen LogP contribution in [0.25, 0.3) is 22.2 Å². The summed E-state index contributed by atoms with van der Waals surface area (Å²) in [6.45, 7) is 1.55. The topological polar surface area (TPSA) is 54.5 Å². The van der Waals surface area contributed by atoms with E-state index in [1.54, 1.807) is 18.0 Å². The van der Waals surface area contributed by atoms with Gasteiger partial charge in [0.1, 0.15) is 16.9 Å². The van der Waals surface area contributed by atoms with Crippen LogP contribution in [0.15, 0.2) is 83.8 Å². The number of ether oxygens (including phenoxy) is 1. The minimum absolute atomic E-state index is 0.594. The molecule has 8 heteroatoms. The van der Waals surface area contributed by atoms with Crippen molar-refractivity contribution in [2.45, 2.75) is 4.90 Å². The van der Waals surface area contributed by atoms with Crippen molar-refractivity contribution in [3.63, 3.8) is 0 Å². The molecule has 1 fully saturated rings. The molecule has 1 aliphatic heterocycles. The third-order valence-electron chi connectivity index (χ3n) is 5.12. The lowest BCUT2D eigenvalue weighted by molar-refractivity contribution is 0.184. The smallest absolute Gasteiger partial charge is 0.150 e. The van der Waals surface area contributed by atoms with Gasteiger partial charge in [-0.25, -0.2) is 9.19 Å². The zero-order valence-electron chi connectivity index (χ0n) is 17.0. The van der Waals surface area contributed by atoms with Crippen LogP contribution in [0.4, 0.5) is 11.4 Å². The van der Waals surface area contributed by atoms with E-state index in [4.69, 9.17) is 21.3 Å².